The maximum Gasteiger partial charge on any atom is 0.250 e. The van der Waals surface area contributed by atoms with Crippen LogP contribution in [-0.4, -0.2) is 17.9 Å². The highest BCUT2D eigenvalue weighted by molar-refractivity contribution is 5.98. The summed E-state index contributed by atoms with van der Waals surface area (Å²) in [5.74, 6) is 0.0663. The molecular weight excluding hydrogens is 240 g/mol. The van der Waals surface area contributed by atoms with E-state index in [1.165, 1.54) is 6.20 Å². The van der Waals surface area contributed by atoms with Gasteiger partial charge in [0.05, 0.1) is 17.4 Å². The van der Waals surface area contributed by atoms with E-state index >= 15 is 0 Å². The topological polar surface area (TPSA) is 85.2 Å². The second-order valence-electron chi connectivity index (χ2n) is 4.34. The molecule has 0 spiro atoms. The number of para-hydroxylation sites is 1. The van der Waals surface area contributed by atoms with Crippen LogP contribution >= 0.6 is 0 Å². The highest BCUT2D eigenvalue weighted by Gasteiger charge is 2.12. The first-order valence-corrected chi connectivity index (χ1v) is 5.85. The lowest BCUT2D eigenvalue weighted by Crippen LogP contribution is -2.17. The van der Waals surface area contributed by atoms with Crippen molar-refractivity contribution in [3.63, 3.8) is 0 Å². The van der Waals surface area contributed by atoms with E-state index in [1.807, 2.05) is 43.1 Å². The van der Waals surface area contributed by atoms with Gasteiger partial charge < -0.3 is 16.4 Å². The molecule has 0 radical (unpaired) electrons. The number of carbonyl (C=O) groups excluding carboxylic acids is 1. The van der Waals surface area contributed by atoms with Crippen LogP contribution in [0.2, 0.25) is 0 Å². The summed E-state index contributed by atoms with van der Waals surface area (Å²) >= 11 is 0. The lowest BCUT2D eigenvalue weighted by atomic mass is 10.1. The van der Waals surface area contributed by atoms with Crippen LogP contribution in [0.4, 0.5) is 17.2 Å². The number of nitrogens with zero attached hydrogens (tertiary/aromatic N) is 2. The fourth-order valence-electron chi connectivity index (χ4n) is 1.91. The monoisotopic (exact) mass is 256 g/mol. The first-order valence-electron chi connectivity index (χ1n) is 5.85. The number of nitrogens with two attached hydrogens (primary N) is 2. The Hall–Kier alpha value is -2.56. The van der Waals surface area contributed by atoms with Crippen LogP contribution in [0.5, 0.6) is 0 Å². The van der Waals surface area contributed by atoms with Crippen LogP contribution in [0.25, 0.3) is 0 Å². The van der Waals surface area contributed by atoms with E-state index in [2.05, 4.69) is 4.98 Å². The smallest absolute Gasteiger partial charge is 0.250 e. The Balaban J connectivity index is 2.45. The molecule has 0 fully saturated rings. The maximum absolute atomic E-state index is 11.3. The molecule has 0 saturated carbocycles. The highest BCUT2D eigenvalue weighted by atomic mass is 16.1. The summed E-state index contributed by atoms with van der Waals surface area (Å²) < 4.78 is 0. The summed E-state index contributed by atoms with van der Waals surface area (Å²) in [5.41, 5.74) is 13.7. The van der Waals surface area contributed by atoms with E-state index in [4.69, 9.17) is 11.5 Å². The first kappa shape index (κ1) is 12.9. The third-order valence-corrected chi connectivity index (χ3v) is 3.01. The number of aromatic nitrogens is 1. The number of primary amides is 1. The molecule has 0 aliphatic heterocycles. The lowest BCUT2D eigenvalue weighted by Gasteiger charge is -2.21. The average Bonchev–Trinajstić information content (AvgIpc) is 2.38. The van der Waals surface area contributed by atoms with Gasteiger partial charge in [0.2, 0.25) is 0 Å². The van der Waals surface area contributed by atoms with Gasteiger partial charge in [-0.1, -0.05) is 18.2 Å². The number of amides is 1. The Kier molecular flexibility index (Phi) is 3.37. The van der Waals surface area contributed by atoms with E-state index in [9.17, 15) is 4.79 Å². The molecule has 98 valence electrons. The predicted octanol–water partition coefficient (Wildman–Crippen LogP) is 1.84. The molecule has 0 unspecified atom stereocenters. The molecule has 0 saturated heterocycles. The fraction of sp³-hybridized carbons (Fsp3) is 0.143. The number of hydrogen-bond acceptors (Lipinski definition) is 4. The summed E-state index contributed by atoms with van der Waals surface area (Å²) in [6, 6.07) is 9.52. The molecule has 1 heterocycles. The second kappa shape index (κ2) is 4.97. The number of carbonyl (C=O) groups is 1. The highest BCUT2D eigenvalue weighted by Crippen LogP contribution is 2.26. The van der Waals surface area contributed by atoms with Gasteiger partial charge >= 0.3 is 0 Å². The van der Waals surface area contributed by atoms with Crippen molar-refractivity contribution in [1.82, 2.24) is 4.98 Å². The quantitative estimate of drug-likeness (QED) is 0.877. The van der Waals surface area contributed by atoms with Crippen molar-refractivity contribution in [2.45, 2.75) is 6.92 Å². The Labute approximate surface area is 111 Å². The SMILES string of the molecule is Cc1ccccc1N(C)c1cc(C(N)=O)c(N)cn1. The number of hydrogen-bond donors (Lipinski definition) is 2. The van der Waals surface area contributed by atoms with E-state index < -0.39 is 5.91 Å². The molecule has 0 bridgehead atoms. The minimum absolute atomic E-state index is 0.283. The summed E-state index contributed by atoms with van der Waals surface area (Å²) in [6.07, 6.45) is 1.45. The minimum Gasteiger partial charge on any atom is -0.397 e. The molecule has 5 nitrogen and oxygen atoms in total. The van der Waals surface area contributed by atoms with Crippen molar-refractivity contribution < 1.29 is 4.79 Å². The largest absolute Gasteiger partial charge is 0.397 e. The Bertz CT molecular complexity index is 625. The van der Waals surface area contributed by atoms with Gasteiger partial charge in [-0.05, 0) is 24.6 Å². The normalized spacial score (nSPS) is 10.2. The van der Waals surface area contributed by atoms with Gasteiger partial charge in [-0.25, -0.2) is 4.98 Å². The number of rotatable bonds is 3. The molecule has 4 N–H and O–H groups in total. The average molecular weight is 256 g/mol. The zero-order chi connectivity index (χ0) is 14.0. The second-order valence-corrected chi connectivity index (χ2v) is 4.34. The maximum atomic E-state index is 11.3. The van der Waals surface area contributed by atoms with Gasteiger partial charge in [0.25, 0.3) is 5.91 Å². The number of nitrogen functional groups attached to an aromatic ring is 1. The van der Waals surface area contributed by atoms with Crippen molar-refractivity contribution in [2.75, 3.05) is 17.7 Å². The summed E-state index contributed by atoms with van der Waals surface area (Å²) in [6.45, 7) is 2.01. The Morgan fingerprint density at radius 3 is 2.63 bits per heavy atom. The van der Waals surface area contributed by atoms with E-state index in [0.29, 0.717) is 5.82 Å². The molecule has 0 atom stereocenters. The zero-order valence-electron chi connectivity index (χ0n) is 10.9. The molecule has 2 rings (SSSR count). The van der Waals surface area contributed by atoms with Gasteiger partial charge in [0.15, 0.2) is 0 Å². The molecule has 1 aromatic heterocycles. The summed E-state index contributed by atoms with van der Waals surface area (Å²) in [7, 11) is 1.88. The van der Waals surface area contributed by atoms with Crippen molar-refractivity contribution in [3.05, 3.63) is 47.7 Å². The Morgan fingerprint density at radius 1 is 1.32 bits per heavy atom. The van der Waals surface area contributed by atoms with Crippen LogP contribution in [-0.2, 0) is 0 Å². The zero-order valence-corrected chi connectivity index (χ0v) is 10.9. The molecule has 19 heavy (non-hydrogen) atoms. The first-order chi connectivity index (χ1) is 9.00. The number of pyridine rings is 1. The fourth-order valence-corrected chi connectivity index (χ4v) is 1.91. The molecule has 0 aliphatic rings. The van der Waals surface area contributed by atoms with Crippen LogP contribution in [0, 0.1) is 6.92 Å². The predicted molar refractivity (Wildman–Crippen MR) is 76.4 cm³/mol. The van der Waals surface area contributed by atoms with Crippen LogP contribution < -0.4 is 16.4 Å². The van der Waals surface area contributed by atoms with Gasteiger partial charge in [0.1, 0.15) is 5.82 Å². The molecule has 0 aliphatic carbocycles. The third kappa shape index (κ3) is 2.49. The van der Waals surface area contributed by atoms with Crippen LogP contribution in [0.1, 0.15) is 15.9 Å². The molecular formula is C14H16N4O. The van der Waals surface area contributed by atoms with Crippen molar-refractivity contribution >= 4 is 23.1 Å². The van der Waals surface area contributed by atoms with E-state index in [0.717, 1.165) is 11.3 Å². The molecule has 2 aromatic rings. The van der Waals surface area contributed by atoms with E-state index in [-0.39, 0.29) is 11.3 Å². The van der Waals surface area contributed by atoms with Crippen LogP contribution in [0.3, 0.4) is 0 Å². The Morgan fingerprint density at radius 2 is 2.00 bits per heavy atom. The van der Waals surface area contributed by atoms with Crippen molar-refractivity contribution in [3.8, 4) is 0 Å². The summed E-state index contributed by atoms with van der Waals surface area (Å²) in [4.78, 5) is 17.4. The van der Waals surface area contributed by atoms with Gasteiger partial charge in [0, 0.05) is 12.7 Å². The summed E-state index contributed by atoms with van der Waals surface area (Å²) in [5, 5.41) is 0. The molecule has 1 aromatic carbocycles. The van der Waals surface area contributed by atoms with Crippen molar-refractivity contribution in [1.29, 1.82) is 0 Å². The number of benzene rings is 1. The van der Waals surface area contributed by atoms with Crippen LogP contribution in [0.15, 0.2) is 36.5 Å². The van der Waals surface area contributed by atoms with Gasteiger partial charge in [-0.3, -0.25) is 4.79 Å². The van der Waals surface area contributed by atoms with E-state index in [1.54, 1.807) is 6.07 Å². The molecule has 1 amide bonds. The van der Waals surface area contributed by atoms with Crippen molar-refractivity contribution in [2.24, 2.45) is 5.73 Å². The van der Waals surface area contributed by atoms with Gasteiger partial charge in [-0.2, -0.15) is 0 Å². The number of anilines is 3. The standard InChI is InChI=1S/C14H16N4O/c1-9-5-3-4-6-12(9)18(2)13-7-10(14(16)19)11(15)8-17-13/h3-8H,15H2,1-2H3,(H2,16,19). The lowest BCUT2D eigenvalue weighted by molar-refractivity contribution is 0.100. The van der Waals surface area contributed by atoms with Gasteiger partial charge in [-0.15, -0.1) is 0 Å². The third-order valence-electron chi connectivity index (χ3n) is 3.01. The number of aryl methyl sites for hydroxylation is 1. The molecule has 5 heteroatoms. The minimum atomic E-state index is -0.556.